The summed E-state index contributed by atoms with van der Waals surface area (Å²) < 4.78 is 2.02. The Morgan fingerprint density at radius 3 is 2.43 bits per heavy atom. The van der Waals surface area contributed by atoms with Crippen molar-refractivity contribution >= 4 is 23.2 Å². The number of hydrogen-bond donors (Lipinski definition) is 1. The predicted octanol–water partition coefficient (Wildman–Crippen LogP) is 0.179. The van der Waals surface area contributed by atoms with Gasteiger partial charge in [-0.05, 0) is 48.7 Å². The first-order valence-corrected chi connectivity index (χ1v) is 6.72. The second-order valence-electron chi connectivity index (χ2n) is 5.21. The van der Waals surface area contributed by atoms with E-state index >= 15 is 0 Å². The molecule has 108 valence electrons. The van der Waals surface area contributed by atoms with E-state index in [0.29, 0.717) is 0 Å². The summed E-state index contributed by atoms with van der Waals surface area (Å²) in [4.78, 5) is 7.94. The Kier molecular flexibility index (Phi) is 4.77. The van der Waals surface area contributed by atoms with E-state index in [1.165, 1.54) is 11.1 Å². The number of H-pyrrole nitrogens is 1. The Bertz CT molecular complexity index is 747. The first-order chi connectivity index (χ1) is 9.61. The minimum atomic E-state index is 0. The van der Waals surface area contributed by atoms with Crippen LogP contribution in [0.15, 0.2) is 36.7 Å². The molecule has 21 heavy (non-hydrogen) atoms. The van der Waals surface area contributed by atoms with Gasteiger partial charge in [-0.2, -0.15) is 0 Å². The topological polar surface area (TPSA) is 32.6 Å². The summed E-state index contributed by atoms with van der Waals surface area (Å²) in [5, 5.41) is 0. The molecule has 3 nitrogen and oxygen atoms in total. The van der Waals surface area contributed by atoms with E-state index in [0.717, 1.165) is 22.4 Å². The van der Waals surface area contributed by atoms with Gasteiger partial charge in [-0.3, -0.25) is 0 Å². The monoisotopic (exact) mass is 391 g/mol. The highest BCUT2D eigenvalue weighted by atomic mass is 127. The van der Waals surface area contributed by atoms with Crippen LogP contribution in [0, 0.1) is 13.8 Å². The number of pyridine rings is 1. The average molecular weight is 391 g/mol. The van der Waals surface area contributed by atoms with Crippen LogP contribution in [-0.4, -0.2) is 9.97 Å². The van der Waals surface area contributed by atoms with E-state index in [1.54, 1.807) is 0 Å². The van der Waals surface area contributed by atoms with Gasteiger partial charge in [0.25, 0.3) is 0 Å². The SMILES string of the molecule is Cc1cc2nc(/C=C/c3cc[n+](C)cc3)[nH]c2cc1C.[I-]. The zero-order valence-electron chi connectivity index (χ0n) is 12.4. The summed E-state index contributed by atoms with van der Waals surface area (Å²) in [6.45, 7) is 4.23. The van der Waals surface area contributed by atoms with Gasteiger partial charge in [0.2, 0.25) is 0 Å². The third-order valence-electron chi connectivity index (χ3n) is 3.55. The quantitative estimate of drug-likeness (QED) is 0.491. The molecule has 0 fully saturated rings. The number of halogens is 1. The van der Waals surface area contributed by atoms with Crippen LogP contribution in [0.2, 0.25) is 0 Å². The summed E-state index contributed by atoms with van der Waals surface area (Å²) in [5.74, 6) is 0.887. The number of nitrogens with one attached hydrogen (secondary N) is 1. The van der Waals surface area contributed by atoms with Gasteiger partial charge in [0.05, 0.1) is 11.0 Å². The molecule has 4 heteroatoms. The van der Waals surface area contributed by atoms with Gasteiger partial charge in [0.15, 0.2) is 12.4 Å². The highest BCUT2D eigenvalue weighted by molar-refractivity contribution is 5.80. The molecule has 0 aliphatic heterocycles. The van der Waals surface area contributed by atoms with Crippen LogP contribution < -0.4 is 28.5 Å². The molecule has 0 unspecified atom stereocenters. The molecule has 0 aliphatic rings. The van der Waals surface area contributed by atoms with Gasteiger partial charge in [0.1, 0.15) is 12.9 Å². The van der Waals surface area contributed by atoms with Crippen molar-refractivity contribution in [1.82, 2.24) is 9.97 Å². The normalized spacial score (nSPS) is 11.0. The highest BCUT2D eigenvalue weighted by Gasteiger charge is 2.02. The Balaban J connectivity index is 0.00000161. The van der Waals surface area contributed by atoms with E-state index in [-0.39, 0.29) is 24.0 Å². The van der Waals surface area contributed by atoms with Gasteiger partial charge in [0, 0.05) is 12.1 Å². The molecule has 0 aliphatic carbocycles. The molecule has 2 aromatic heterocycles. The molecule has 1 N–H and O–H groups in total. The Labute approximate surface area is 141 Å². The number of imidazole rings is 1. The summed E-state index contributed by atoms with van der Waals surface area (Å²) in [5.41, 5.74) is 5.83. The molecule has 0 radical (unpaired) electrons. The summed E-state index contributed by atoms with van der Waals surface area (Å²) in [6, 6.07) is 8.43. The average Bonchev–Trinajstić information content (AvgIpc) is 2.80. The number of benzene rings is 1. The van der Waals surface area contributed by atoms with Crippen LogP contribution in [0.5, 0.6) is 0 Å². The van der Waals surface area contributed by atoms with Crippen molar-refractivity contribution in [2.24, 2.45) is 7.05 Å². The van der Waals surface area contributed by atoms with Crippen LogP contribution in [0.4, 0.5) is 0 Å². The Hall–Kier alpha value is -1.69. The maximum absolute atomic E-state index is 4.60. The zero-order valence-corrected chi connectivity index (χ0v) is 14.5. The van der Waals surface area contributed by atoms with Crippen molar-refractivity contribution in [2.75, 3.05) is 0 Å². The van der Waals surface area contributed by atoms with Gasteiger partial charge >= 0.3 is 0 Å². The maximum Gasteiger partial charge on any atom is 0.169 e. The Morgan fingerprint density at radius 2 is 1.71 bits per heavy atom. The molecule has 0 bridgehead atoms. The zero-order chi connectivity index (χ0) is 14.1. The van der Waals surface area contributed by atoms with E-state index in [9.17, 15) is 0 Å². The molecular formula is C17H18IN3. The van der Waals surface area contributed by atoms with E-state index in [2.05, 4.69) is 54.2 Å². The second-order valence-corrected chi connectivity index (χ2v) is 5.21. The van der Waals surface area contributed by atoms with Crippen molar-refractivity contribution in [3.05, 3.63) is 59.2 Å². The summed E-state index contributed by atoms with van der Waals surface area (Å²) >= 11 is 0. The number of hydrogen-bond acceptors (Lipinski definition) is 1. The largest absolute Gasteiger partial charge is 1.00 e. The van der Waals surface area contributed by atoms with Crippen LogP contribution >= 0.6 is 0 Å². The third kappa shape index (κ3) is 3.50. The molecule has 0 spiro atoms. The lowest BCUT2D eigenvalue weighted by atomic mass is 10.1. The lowest BCUT2D eigenvalue weighted by Crippen LogP contribution is -3.00. The second kappa shape index (κ2) is 6.39. The lowest BCUT2D eigenvalue weighted by Gasteiger charge is -1.97. The molecule has 0 saturated carbocycles. The number of aromatic nitrogens is 3. The molecule has 1 aromatic carbocycles. The number of aromatic amines is 1. The van der Waals surface area contributed by atoms with Gasteiger partial charge in [-0.15, -0.1) is 0 Å². The van der Waals surface area contributed by atoms with E-state index in [1.807, 2.05) is 30.1 Å². The molecular weight excluding hydrogens is 373 g/mol. The molecule has 3 rings (SSSR count). The molecule has 0 amide bonds. The fourth-order valence-electron chi connectivity index (χ4n) is 2.17. The van der Waals surface area contributed by atoms with Crippen molar-refractivity contribution in [3.8, 4) is 0 Å². The minimum absolute atomic E-state index is 0. The first kappa shape index (κ1) is 15.7. The van der Waals surface area contributed by atoms with Crippen molar-refractivity contribution in [3.63, 3.8) is 0 Å². The number of fused-ring (bicyclic) bond motifs is 1. The summed E-state index contributed by atoms with van der Waals surface area (Å²) in [7, 11) is 2.01. The molecule has 0 atom stereocenters. The van der Waals surface area contributed by atoms with Crippen molar-refractivity contribution in [2.45, 2.75) is 13.8 Å². The Morgan fingerprint density at radius 1 is 1.05 bits per heavy atom. The van der Waals surface area contributed by atoms with Gasteiger partial charge in [-0.25, -0.2) is 9.55 Å². The summed E-state index contributed by atoms with van der Waals surface area (Å²) in [6.07, 6.45) is 8.15. The highest BCUT2D eigenvalue weighted by Crippen LogP contribution is 2.18. The van der Waals surface area contributed by atoms with Crippen LogP contribution in [0.3, 0.4) is 0 Å². The van der Waals surface area contributed by atoms with Gasteiger partial charge in [-0.1, -0.05) is 6.08 Å². The lowest BCUT2D eigenvalue weighted by molar-refractivity contribution is -0.671. The van der Waals surface area contributed by atoms with Gasteiger partial charge < -0.3 is 29.0 Å². The number of aryl methyl sites for hydroxylation is 3. The first-order valence-electron chi connectivity index (χ1n) is 6.72. The molecule has 3 aromatic rings. The smallest absolute Gasteiger partial charge is 0.169 e. The van der Waals surface area contributed by atoms with Crippen LogP contribution in [0.1, 0.15) is 22.5 Å². The number of nitrogens with zero attached hydrogens (tertiary/aromatic N) is 2. The third-order valence-corrected chi connectivity index (χ3v) is 3.55. The maximum atomic E-state index is 4.60. The van der Waals surface area contributed by atoms with Crippen LogP contribution in [-0.2, 0) is 7.05 Å². The van der Waals surface area contributed by atoms with Crippen LogP contribution in [0.25, 0.3) is 23.2 Å². The predicted molar refractivity (Wildman–Crippen MR) is 82.1 cm³/mol. The van der Waals surface area contributed by atoms with Crippen molar-refractivity contribution in [1.29, 1.82) is 0 Å². The van der Waals surface area contributed by atoms with E-state index in [4.69, 9.17) is 0 Å². The fraction of sp³-hybridized carbons (Fsp3) is 0.176. The fourth-order valence-corrected chi connectivity index (χ4v) is 2.17. The minimum Gasteiger partial charge on any atom is -1.00 e. The standard InChI is InChI=1S/C17H17N3.HI/c1-12-10-15-16(11-13(12)2)19-17(18-15)5-4-14-6-8-20(3)9-7-14;/h4-11H,1-3H3;1H. The molecule has 0 saturated heterocycles. The molecule has 2 heterocycles. The van der Waals surface area contributed by atoms with Crippen molar-refractivity contribution < 1.29 is 28.5 Å². The number of rotatable bonds is 2. The van der Waals surface area contributed by atoms with E-state index < -0.39 is 0 Å².